The van der Waals surface area contributed by atoms with Crippen LogP contribution in [0.1, 0.15) is 33.3 Å². The molecule has 19 heavy (non-hydrogen) atoms. The van der Waals surface area contributed by atoms with Gasteiger partial charge in [-0.25, -0.2) is 0 Å². The number of halogens is 1. The van der Waals surface area contributed by atoms with Crippen LogP contribution in [0.5, 0.6) is 5.75 Å². The monoisotopic (exact) mass is 285 g/mol. The average Bonchev–Trinajstić information content (AvgIpc) is 2.33. The molecule has 0 saturated heterocycles. The van der Waals surface area contributed by atoms with E-state index >= 15 is 0 Å². The standard InChI is InChI=1S/C15H24ClNO2/c1-5-18-8-9-19-14-7-6-12(10-13(14)16)11-17-15(2,3)4/h6-7,10,17H,5,8-9,11H2,1-4H3. The van der Waals surface area contributed by atoms with Crippen LogP contribution in [0.2, 0.25) is 5.02 Å². The molecule has 1 aromatic carbocycles. The van der Waals surface area contributed by atoms with Crippen LogP contribution < -0.4 is 10.1 Å². The van der Waals surface area contributed by atoms with Crippen molar-refractivity contribution in [2.45, 2.75) is 39.8 Å². The second-order valence-corrected chi connectivity index (χ2v) is 5.82. The Morgan fingerprint density at radius 3 is 2.53 bits per heavy atom. The fourth-order valence-corrected chi connectivity index (χ4v) is 1.75. The van der Waals surface area contributed by atoms with E-state index in [1.807, 2.05) is 25.1 Å². The van der Waals surface area contributed by atoms with Gasteiger partial charge in [-0.05, 0) is 45.4 Å². The molecule has 0 bridgehead atoms. The number of rotatable bonds is 7. The molecule has 0 radical (unpaired) electrons. The van der Waals surface area contributed by atoms with Crippen LogP contribution in [0.25, 0.3) is 0 Å². The summed E-state index contributed by atoms with van der Waals surface area (Å²) in [5, 5.41) is 4.07. The molecule has 1 aromatic rings. The molecular formula is C15H24ClNO2. The highest BCUT2D eigenvalue weighted by Gasteiger charge is 2.09. The first-order valence-corrected chi connectivity index (χ1v) is 7.04. The SMILES string of the molecule is CCOCCOc1ccc(CNC(C)(C)C)cc1Cl. The first-order chi connectivity index (χ1) is 8.92. The normalized spacial score (nSPS) is 11.6. The number of benzene rings is 1. The lowest BCUT2D eigenvalue weighted by Crippen LogP contribution is -2.35. The van der Waals surface area contributed by atoms with Crippen molar-refractivity contribution >= 4 is 11.6 Å². The number of ether oxygens (including phenoxy) is 2. The lowest BCUT2D eigenvalue weighted by atomic mass is 10.1. The van der Waals surface area contributed by atoms with E-state index in [4.69, 9.17) is 21.1 Å². The summed E-state index contributed by atoms with van der Waals surface area (Å²) in [6.45, 7) is 11.0. The second kappa shape index (κ2) is 7.73. The van der Waals surface area contributed by atoms with Gasteiger partial charge in [0.15, 0.2) is 0 Å². The summed E-state index contributed by atoms with van der Waals surface area (Å²) in [7, 11) is 0. The van der Waals surface area contributed by atoms with E-state index in [1.165, 1.54) is 0 Å². The van der Waals surface area contributed by atoms with E-state index in [1.54, 1.807) is 0 Å². The zero-order valence-electron chi connectivity index (χ0n) is 12.3. The fourth-order valence-electron chi connectivity index (χ4n) is 1.49. The Morgan fingerprint density at radius 2 is 1.95 bits per heavy atom. The topological polar surface area (TPSA) is 30.5 Å². The van der Waals surface area contributed by atoms with E-state index in [0.29, 0.717) is 30.6 Å². The largest absolute Gasteiger partial charge is 0.490 e. The third-order valence-electron chi connectivity index (χ3n) is 2.51. The molecule has 0 amide bonds. The molecule has 1 rings (SSSR count). The molecule has 4 heteroatoms. The maximum absolute atomic E-state index is 6.20. The summed E-state index contributed by atoms with van der Waals surface area (Å²) in [6.07, 6.45) is 0. The van der Waals surface area contributed by atoms with Crippen LogP contribution >= 0.6 is 11.6 Å². The smallest absolute Gasteiger partial charge is 0.138 e. The molecule has 3 nitrogen and oxygen atoms in total. The van der Waals surface area contributed by atoms with Gasteiger partial charge in [-0.1, -0.05) is 17.7 Å². The zero-order valence-corrected chi connectivity index (χ0v) is 13.0. The Bertz CT molecular complexity index is 388. The molecule has 0 fully saturated rings. The first-order valence-electron chi connectivity index (χ1n) is 6.66. The summed E-state index contributed by atoms with van der Waals surface area (Å²) in [4.78, 5) is 0. The molecule has 0 heterocycles. The molecule has 0 saturated carbocycles. The molecule has 1 N–H and O–H groups in total. The highest BCUT2D eigenvalue weighted by atomic mass is 35.5. The maximum atomic E-state index is 6.20. The number of hydrogen-bond donors (Lipinski definition) is 1. The van der Waals surface area contributed by atoms with Gasteiger partial charge in [-0.15, -0.1) is 0 Å². The quantitative estimate of drug-likeness (QED) is 0.776. The highest BCUT2D eigenvalue weighted by molar-refractivity contribution is 6.32. The summed E-state index contributed by atoms with van der Waals surface area (Å²) >= 11 is 6.20. The average molecular weight is 286 g/mol. The van der Waals surface area contributed by atoms with Crippen molar-refractivity contribution in [2.24, 2.45) is 0 Å². The van der Waals surface area contributed by atoms with Crippen LogP contribution in [0, 0.1) is 0 Å². The summed E-state index contributed by atoms with van der Waals surface area (Å²) in [5.74, 6) is 0.709. The molecular weight excluding hydrogens is 262 g/mol. The third-order valence-corrected chi connectivity index (χ3v) is 2.80. The van der Waals surface area contributed by atoms with Gasteiger partial charge in [0.1, 0.15) is 12.4 Å². The van der Waals surface area contributed by atoms with Gasteiger partial charge in [0.25, 0.3) is 0 Å². The van der Waals surface area contributed by atoms with Crippen molar-refractivity contribution in [1.82, 2.24) is 5.32 Å². The van der Waals surface area contributed by atoms with Gasteiger partial charge < -0.3 is 14.8 Å². The Labute approximate surface area is 121 Å². The van der Waals surface area contributed by atoms with Gasteiger partial charge in [-0.3, -0.25) is 0 Å². The molecule has 0 aliphatic rings. The predicted molar refractivity (Wildman–Crippen MR) is 80.0 cm³/mol. The van der Waals surface area contributed by atoms with Gasteiger partial charge in [-0.2, -0.15) is 0 Å². The minimum atomic E-state index is 0.0964. The van der Waals surface area contributed by atoms with Crippen molar-refractivity contribution in [3.8, 4) is 5.75 Å². The lowest BCUT2D eigenvalue weighted by molar-refractivity contribution is 0.110. The molecule has 0 aromatic heterocycles. The van der Waals surface area contributed by atoms with Crippen LogP contribution in [0.4, 0.5) is 0 Å². The minimum absolute atomic E-state index is 0.0964. The number of nitrogens with one attached hydrogen (secondary N) is 1. The van der Waals surface area contributed by atoms with Gasteiger partial charge in [0.05, 0.1) is 11.6 Å². The second-order valence-electron chi connectivity index (χ2n) is 5.41. The van der Waals surface area contributed by atoms with Crippen molar-refractivity contribution in [3.05, 3.63) is 28.8 Å². The third kappa shape index (κ3) is 6.81. The van der Waals surface area contributed by atoms with Crippen LogP contribution in [0.15, 0.2) is 18.2 Å². The Morgan fingerprint density at radius 1 is 1.21 bits per heavy atom. The van der Waals surface area contributed by atoms with E-state index in [0.717, 1.165) is 12.1 Å². The van der Waals surface area contributed by atoms with Crippen molar-refractivity contribution < 1.29 is 9.47 Å². The predicted octanol–water partition coefficient (Wildman–Crippen LogP) is 3.64. The molecule has 108 valence electrons. The summed E-state index contributed by atoms with van der Waals surface area (Å²) in [6, 6.07) is 5.88. The van der Waals surface area contributed by atoms with Crippen molar-refractivity contribution in [1.29, 1.82) is 0 Å². The Balaban J connectivity index is 2.49. The van der Waals surface area contributed by atoms with Crippen molar-refractivity contribution in [3.63, 3.8) is 0 Å². The van der Waals surface area contributed by atoms with E-state index < -0.39 is 0 Å². The minimum Gasteiger partial charge on any atom is -0.490 e. The molecule has 0 spiro atoms. The highest BCUT2D eigenvalue weighted by Crippen LogP contribution is 2.25. The maximum Gasteiger partial charge on any atom is 0.138 e. The zero-order chi connectivity index (χ0) is 14.3. The van der Waals surface area contributed by atoms with Gasteiger partial charge in [0, 0.05) is 18.7 Å². The van der Waals surface area contributed by atoms with Crippen LogP contribution in [-0.4, -0.2) is 25.4 Å². The summed E-state index contributed by atoms with van der Waals surface area (Å²) in [5.41, 5.74) is 1.25. The molecule has 0 unspecified atom stereocenters. The number of hydrogen-bond acceptors (Lipinski definition) is 3. The Kier molecular flexibility index (Phi) is 6.63. The van der Waals surface area contributed by atoms with E-state index in [9.17, 15) is 0 Å². The lowest BCUT2D eigenvalue weighted by Gasteiger charge is -2.20. The van der Waals surface area contributed by atoms with Gasteiger partial charge >= 0.3 is 0 Å². The summed E-state index contributed by atoms with van der Waals surface area (Å²) < 4.78 is 10.8. The van der Waals surface area contributed by atoms with Gasteiger partial charge in [0.2, 0.25) is 0 Å². The van der Waals surface area contributed by atoms with Crippen LogP contribution in [-0.2, 0) is 11.3 Å². The fraction of sp³-hybridized carbons (Fsp3) is 0.600. The first kappa shape index (κ1) is 16.3. The van der Waals surface area contributed by atoms with E-state index in [-0.39, 0.29) is 5.54 Å². The molecule has 0 atom stereocenters. The van der Waals surface area contributed by atoms with Crippen molar-refractivity contribution in [2.75, 3.05) is 19.8 Å². The van der Waals surface area contributed by atoms with Crippen LogP contribution in [0.3, 0.4) is 0 Å². The molecule has 0 aliphatic heterocycles. The molecule has 0 aliphatic carbocycles. The van der Waals surface area contributed by atoms with E-state index in [2.05, 4.69) is 26.1 Å². The Hall–Kier alpha value is -0.770.